The fourth-order valence-electron chi connectivity index (χ4n) is 12.9. The number of ether oxygens (including phenoxy) is 1. The molecule has 0 unspecified atom stereocenters. The highest BCUT2D eigenvalue weighted by atomic mass is 35.5. The van der Waals surface area contributed by atoms with Crippen molar-refractivity contribution in [3.8, 4) is 34.3 Å². The third-order valence-electron chi connectivity index (χ3n) is 18.5. The summed E-state index contributed by atoms with van der Waals surface area (Å²) in [5.74, 6) is 0.740. The smallest absolute Gasteiger partial charge is 0.333 e. The number of thiocarbonyl (C=S) groups is 1. The summed E-state index contributed by atoms with van der Waals surface area (Å²) in [7, 11) is 1.76. The van der Waals surface area contributed by atoms with Crippen LogP contribution in [-0.2, 0) is 33.4 Å². The first-order chi connectivity index (χ1) is 53.1. The average Bonchev–Trinajstić information content (AvgIpc) is 1.44. The molecule has 0 bridgehead atoms. The topological polar surface area (TPSA) is 312 Å². The van der Waals surface area contributed by atoms with Crippen molar-refractivity contribution in [2.45, 2.75) is 39.7 Å². The Morgan fingerprint density at radius 2 is 1.35 bits per heavy atom. The minimum Gasteiger partial charge on any atom is -0.482 e. The first kappa shape index (κ1) is 72.2. The number of nitrogen functional groups attached to an aromatic ring is 1. The van der Waals surface area contributed by atoms with E-state index in [2.05, 4.69) is 69.8 Å². The number of halogens is 1. The van der Waals surface area contributed by atoms with E-state index < -0.39 is 5.41 Å². The predicted molar refractivity (Wildman–Crippen MR) is 434 cm³/mol. The predicted octanol–water partition coefficient (Wildman–Crippen LogP) is 14.5. The van der Waals surface area contributed by atoms with Crippen LogP contribution in [0, 0.1) is 25.2 Å². The Labute approximate surface area is 644 Å². The first-order valence-corrected chi connectivity index (χ1v) is 36.5. The van der Waals surface area contributed by atoms with Crippen molar-refractivity contribution < 1.29 is 23.9 Å². The first-order valence-electron chi connectivity index (χ1n) is 34.1. The molecule has 4 amide bonds. The normalized spacial score (nSPS) is 14.1. The van der Waals surface area contributed by atoms with E-state index in [1.54, 1.807) is 93.1 Å². The number of fused-ring (bicyclic) bond motifs is 8. The molecular weight excluding hydrogens is 1470 g/mol. The van der Waals surface area contributed by atoms with Crippen LogP contribution in [0.5, 0.6) is 5.75 Å². The molecule has 10 heterocycles. The van der Waals surface area contributed by atoms with Crippen molar-refractivity contribution in [1.29, 1.82) is 5.26 Å². The van der Waals surface area contributed by atoms with Gasteiger partial charge < -0.3 is 20.4 Å². The number of carbonyl (C=O) groups excluding carboxylic acids is 4. The maximum Gasteiger partial charge on any atom is 0.333 e. The van der Waals surface area contributed by atoms with Gasteiger partial charge in [-0.2, -0.15) is 5.26 Å². The summed E-state index contributed by atoms with van der Waals surface area (Å²) >= 11 is 13.1. The van der Waals surface area contributed by atoms with Crippen LogP contribution < -0.4 is 37.3 Å². The van der Waals surface area contributed by atoms with Crippen molar-refractivity contribution in [2.75, 3.05) is 17.2 Å². The van der Waals surface area contributed by atoms with E-state index in [1.165, 1.54) is 18.1 Å². The lowest BCUT2D eigenvalue weighted by Gasteiger charge is -2.29. The van der Waals surface area contributed by atoms with E-state index in [1.807, 2.05) is 166 Å². The van der Waals surface area contributed by atoms with Gasteiger partial charge >= 0.3 is 5.69 Å². The quantitative estimate of drug-likeness (QED) is 0.0893. The number of para-hydroxylation sites is 2. The van der Waals surface area contributed by atoms with Gasteiger partial charge in [-0.25, -0.2) is 24.7 Å². The second-order valence-electron chi connectivity index (χ2n) is 26.1. The molecule has 3 aliphatic rings. The maximum atomic E-state index is 13.6. The van der Waals surface area contributed by atoms with Gasteiger partial charge in [-0.15, -0.1) is 0 Å². The average molecular weight is 1530 g/mol. The third kappa shape index (κ3) is 14.4. The lowest BCUT2D eigenvalue weighted by molar-refractivity contribution is -0.120. The number of imidazole rings is 2. The number of rotatable bonds is 9. The third-order valence-corrected chi connectivity index (χ3v) is 20.7. The van der Waals surface area contributed by atoms with Crippen LogP contribution in [-0.4, -0.2) is 92.0 Å². The van der Waals surface area contributed by atoms with Crippen molar-refractivity contribution in [3.05, 3.63) is 283 Å². The van der Waals surface area contributed by atoms with Gasteiger partial charge in [-0.3, -0.25) is 67.8 Å². The number of nitrogens with one attached hydrogen (secondary N) is 2. The second-order valence-corrected chi connectivity index (χ2v) is 29.2. The van der Waals surface area contributed by atoms with Crippen LogP contribution in [0.15, 0.2) is 233 Å². The van der Waals surface area contributed by atoms with Crippen LogP contribution in [0.4, 0.5) is 22.0 Å². The summed E-state index contributed by atoms with van der Waals surface area (Å²) in [5, 5.41) is 17.1. The number of anilines is 3. The van der Waals surface area contributed by atoms with E-state index in [0.717, 1.165) is 106 Å². The molecule has 0 radical (unpaired) electrons. The highest BCUT2D eigenvalue weighted by molar-refractivity contribution is 8.26. The van der Waals surface area contributed by atoms with E-state index in [-0.39, 0.29) is 40.8 Å². The molecule has 0 saturated carbocycles. The largest absolute Gasteiger partial charge is 0.482 e. The van der Waals surface area contributed by atoms with Crippen molar-refractivity contribution in [1.82, 2.24) is 68.8 Å². The molecule has 24 nitrogen and oxygen atoms in total. The second kappa shape index (κ2) is 30.1. The lowest BCUT2D eigenvalue weighted by atomic mass is 9.86. The number of carbonyl (C=O) groups is 4. The number of pyridine rings is 2. The fourth-order valence-corrected chi connectivity index (χ4v) is 14.7. The van der Waals surface area contributed by atoms with Gasteiger partial charge in [0.15, 0.2) is 18.1 Å². The van der Waals surface area contributed by atoms with Crippen molar-refractivity contribution in [2.24, 2.45) is 7.05 Å². The summed E-state index contributed by atoms with van der Waals surface area (Å²) in [6.45, 7) is 7.94. The molecule has 28 heteroatoms. The number of imide groups is 1. The number of nitrogens with zero attached hydrogens (tertiary/aromatic N) is 14. The Morgan fingerprint density at radius 1 is 0.655 bits per heavy atom. The number of nitrogens with two attached hydrogens (primary N) is 1. The minimum absolute atomic E-state index is 0.0391. The molecule has 2 saturated heterocycles. The number of aryl methyl sites for hydroxylation is 3. The molecule has 7 aromatic heterocycles. The van der Waals surface area contributed by atoms with E-state index in [4.69, 9.17) is 39.3 Å². The van der Waals surface area contributed by atoms with Gasteiger partial charge in [0.2, 0.25) is 0 Å². The molecule has 18 rings (SSSR count). The maximum absolute atomic E-state index is 13.6. The Morgan fingerprint density at radius 3 is 2.10 bits per heavy atom. The molecular formula is C82H60ClN17O7S3. The van der Waals surface area contributed by atoms with Crippen LogP contribution >= 0.6 is 47.3 Å². The number of hydrogen-bond acceptors (Lipinski definition) is 20. The number of benzene rings is 8. The molecule has 0 spiro atoms. The van der Waals surface area contributed by atoms with Gasteiger partial charge in [0.05, 0.1) is 101 Å². The summed E-state index contributed by atoms with van der Waals surface area (Å²) < 4.78 is 12.8. The molecule has 110 heavy (non-hydrogen) atoms. The van der Waals surface area contributed by atoms with E-state index in [9.17, 15) is 34.0 Å². The number of nitriles is 1. The highest BCUT2D eigenvalue weighted by Crippen LogP contribution is 2.40. The van der Waals surface area contributed by atoms with Gasteiger partial charge in [0.1, 0.15) is 27.7 Å². The van der Waals surface area contributed by atoms with Crippen molar-refractivity contribution in [3.63, 3.8) is 0 Å². The standard InChI is InChI=1S/C30H23N5O.C22H19N7O.C18H11ClN2O3S2.C12H7N3O2S/c1-30(2,18-31)22-9-11-23(12-10-22)35-28-24-15-19(21-14-20-6-4-5-7-25(20)32-16-21)8-13-26(24)33-17-27(28)34(3)29(35)36;1-13-6-3-4-9-16(13)29-17(27-15-8-5-7-14(2)18(15)22(29)30)10-28-12-26-19-20(23)24-11-25-21(19)28;19-11-2-4-12(5-3-11)21-13-7-10(1-6-14(13)24-9-16(21)22)8-15-17(23)20-18(25)26-15;16-11-10(18-12(17)15-11)6-7-1-2-8-9(5-7)14-4-3-13-8/h4-17H,1-3H3;3-9,11-12H,10H2,1-2H3,(H2,23,24,25);1-8H,9H2,(H,20,23,25);1-6H,(H,15,16,17)/b;;15-8-;10-6-. The molecule has 0 atom stereocenters. The molecule has 4 N–H and O–H groups in total. The molecule has 8 aromatic carbocycles. The lowest BCUT2D eigenvalue weighted by Crippen LogP contribution is -2.35. The van der Waals surface area contributed by atoms with Gasteiger partial charge in [0, 0.05) is 52.7 Å². The number of amides is 4. The molecule has 15 aromatic rings. The summed E-state index contributed by atoms with van der Waals surface area (Å²) in [4.78, 5) is 111. The zero-order chi connectivity index (χ0) is 76.6. The Hall–Kier alpha value is -13.4. The molecule has 0 aliphatic carbocycles. The summed E-state index contributed by atoms with van der Waals surface area (Å²) in [5.41, 5.74) is 20.9. The Kier molecular flexibility index (Phi) is 19.8. The van der Waals surface area contributed by atoms with Gasteiger partial charge in [0.25, 0.3) is 28.5 Å². The number of thioether (sulfide) groups is 2. The van der Waals surface area contributed by atoms with Gasteiger partial charge in [-0.1, -0.05) is 114 Å². The number of aromatic nitrogens is 12. The van der Waals surface area contributed by atoms with Crippen LogP contribution in [0.25, 0.3) is 101 Å². The SMILES string of the molecule is Cc1ccccc1-n1c(Cn2cnc3c(N)ncnc32)nc2cccc(C)c2c1=O.Cn1c(=O)n(-c2ccc(C(C)(C)C#N)cc2)c2c3cc(-c4cnc5ccccc5c4)ccc3ncc21.O=C1NC(=O)/C(=C/c2ccc3nccnc3c2)S1.O=C1NC(=S)S/C1=C\c1ccc2c(c1)N(c1ccc(Cl)cc1)C(=O)CO2. The molecule has 2 fully saturated rings. The van der Waals surface area contributed by atoms with Crippen LogP contribution in [0.2, 0.25) is 5.02 Å². The zero-order valence-corrected chi connectivity index (χ0v) is 62.3. The fraction of sp³-hybridized carbons (Fsp3) is 0.0976. The van der Waals surface area contributed by atoms with Crippen molar-refractivity contribution >= 4 is 170 Å². The minimum atomic E-state index is -0.609. The van der Waals surface area contributed by atoms with Crippen LogP contribution in [0.3, 0.4) is 0 Å². The Bertz CT molecular complexity index is 6590. The monoisotopic (exact) mass is 1530 g/mol. The van der Waals surface area contributed by atoms with E-state index in [0.29, 0.717) is 76.5 Å². The highest BCUT2D eigenvalue weighted by Gasteiger charge is 2.30. The Balaban J connectivity index is 0.000000119. The van der Waals surface area contributed by atoms with Crippen LogP contribution in [0.1, 0.15) is 47.5 Å². The van der Waals surface area contributed by atoms with E-state index >= 15 is 0 Å². The summed E-state index contributed by atoms with van der Waals surface area (Å²) in [6, 6.07) is 57.6. The molecule has 540 valence electrons. The number of hydrogen-bond donors (Lipinski definition) is 3. The molecule has 3 aliphatic heterocycles. The zero-order valence-electron chi connectivity index (χ0n) is 59.1. The summed E-state index contributed by atoms with van der Waals surface area (Å²) in [6.07, 6.45) is 13.3. The van der Waals surface area contributed by atoms with Gasteiger partial charge in [-0.05, 0) is 182 Å².